The van der Waals surface area contributed by atoms with Crippen LogP contribution < -0.4 is 5.32 Å². The fourth-order valence-electron chi connectivity index (χ4n) is 2.62. The fraction of sp³-hybridized carbons (Fsp3) is 1.00. The predicted octanol–water partition coefficient (Wildman–Crippen LogP) is 0.520. The number of nitrogens with one attached hydrogen (secondary N) is 1. The lowest BCUT2D eigenvalue weighted by atomic mass is 9.80. The van der Waals surface area contributed by atoms with E-state index >= 15 is 0 Å². The summed E-state index contributed by atoms with van der Waals surface area (Å²) < 4.78 is 5.35. The molecule has 0 amide bonds. The Kier molecular flexibility index (Phi) is 2.86. The molecule has 0 radical (unpaired) electrons. The minimum atomic E-state index is 0.299. The Morgan fingerprint density at radius 2 is 2.23 bits per heavy atom. The largest absolute Gasteiger partial charge is 0.367 e. The first kappa shape index (κ1) is 9.44. The van der Waals surface area contributed by atoms with Gasteiger partial charge in [-0.3, -0.25) is 5.32 Å². The number of nitrogens with zero attached hydrogens (tertiary/aromatic N) is 1. The Balaban J connectivity index is 1.91. The molecule has 76 valence electrons. The van der Waals surface area contributed by atoms with Crippen LogP contribution in [0.1, 0.15) is 12.8 Å². The number of likely N-dealkylation sites (tertiary alicyclic amines) is 1. The smallest absolute Gasteiger partial charge is 0.108 e. The van der Waals surface area contributed by atoms with Crippen molar-refractivity contribution in [3.05, 3.63) is 0 Å². The molecular formula is C10H20N2O. The van der Waals surface area contributed by atoms with Crippen molar-refractivity contribution < 1.29 is 4.74 Å². The van der Waals surface area contributed by atoms with E-state index < -0.39 is 0 Å². The van der Waals surface area contributed by atoms with E-state index in [4.69, 9.17) is 4.74 Å². The second kappa shape index (κ2) is 3.95. The van der Waals surface area contributed by atoms with Crippen LogP contribution in [0.3, 0.4) is 0 Å². The zero-order chi connectivity index (χ0) is 9.26. The number of fused-ring (bicyclic) bond motifs is 1. The Bertz CT molecular complexity index is 174. The molecule has 0 saturated carbocycles. The van der Waals surface area contributed by atoms with Crippen LogP contribution in [0.4, 0.5) is 0 Å². The normalized spacial score (nSPS) is 41.5. The molecule has 3 heteroatoms. The topological polar surface area (TPSA) is 24.5 Å². The molecule has 0 aromatic carbocycles. The summed E-state index contributed by atoms with van der Waals surface area (Å²) in [5.41, 5.74) is 0. The van der Waals surface area contributed by atoms with E-state index in [0.717, 1.165) is 18.4 Å². The van der Waals surface area contributed by atoms with Crippen LogP contribution in [0.5, 0.6) is 0 Å². The van der Waals surface area contributed by atoms with Crippen LogP contribution >= 0.6 is 0 Å². The van der Waals surface area contributed by atoms with Gasteiger partial charge in [0.05, 0.1) is 0 Å². The summed E-state index contributed by atoms with van der Waals surface area (Å²) in [4.78, 5) is 2.44. The number of hydrogen-bond donors (Lipinski definition) is 1. The second-order valence-corrected chi connectivity index (χ2v) is 4.44. The van der Waals surface area contributed by atoms with Gasteiger partial charge in [0.15, 0.2) is 0 Å². The van der Waals surface area contributed by atoms with Gasteiger partial charge in [0.2, 0.25) is 0 Å². The Labute approximate surface area is 80.4 Å². The van der Waals surface area contributed by atoms with Crippen molar-refractivity contribution in [3.8, 4) is 0 Å². The van der Waals surface area contributed by atoms with Crippen molar-refractivity contribution in [3.63, 3.8) is 0 Å². The molecule has 1 N–H and O–H groups in total. The van der Waals surface area contributed by atoms with Crippen molar-refractivity contribution in [1.29, 1.82) is 0 Å². The van der Waals surface area contributed by atoms with E-state index in [1.807, 2.05) is 0 Å². The molecule has 0 aliphatic carbocycles. The minimum absolute atomic E-state index is 0.299. The Hall–Kier alpha value is -0.120. The first-order valence-electron chi connectivity index (χ1n) is 5.24. The zero-order valence-electron chi connectivity index (χ0n) is 8.62. The third-order valence-corrected chi connectivity index (χ3v) is 3.50. The lowest BCUT2D eigenvalue weighted by Crippen LogP contribution is -2.51. The number of hydrogen-bond acceptors (Lipinski definition) is 3. The molecule has 2 aliphatic heterocycles. The molecule has 2 aliphatic rings. The molecule has 3 nitrogen and oxygen atoms in total. The molecular weight excluding hydrogens is 164 g/mol. The van der Waals surface area contributed by atoms with Gasteiger partial charge < -0.3 is 9.64 Å². The van der Waals surface area contributed by atoms with E-state index in [-0.39, 0.29) is 0 Å². The predicted molar refractivity (Wildman–Crippen MR) is 52.5 cm³/mol. The van der Waals surface area contributed by atoms with Crippen LogP contribution in [-0.4, -0.2) is 44.9 Å². The average Bonchev–Trinajstić information content (AvgIpc) is 2.16. The highest BCUT2D eigenvalue weighted by molar-refractivity contribution is 4.86. The first-order valence-corrected chi connectivity index (χ1v) is 5.24. The van der Waals surface area contributed by atoms with E-state index in [2.05, 4.69) is 17.3 Å². The summed E-state index contributed by atoms with van der Waals surface area (Å²) in [6, 6.07) is 0. The van der Waals surface area contributed by atoms with Gasteiger partial charge in [-0.15, -0.1) is 0 Å². The highest BCUT2D eigenvalue weighted by atomic mass is 16.5. The van der Waals surface area contributed by atoms with Gasteiger partial charge in [-0.1, -0.05) is 0 Å². The number of rotatable bonds is 1. The van der Waals surface area contributed by atoms with Crippen LogP contribution in [-0.2, 0) is 4.74 Å². The van der Waals surface area contributed by atoms with Crippen LogP contribution in [0, 0.1) is 11.8 Å². The second-order valence-electron chi connectivity index (χ2n) is 4.44. The van der Waals surface area contributed by atoms with Crippen molar-refractivity contribution in [2.75, 3.05) is 33.8 Å². The van der Waals surface area contributed by atoms with Crippen molar-refractivity contribution >= 4 is 0 Å². The summed E-state index contributed by atoms with van der Waals surface area (Å²) in [6.45, 7) is 3.67. The molecule has 0 bridgehead atoms. The average molecular weight is 184 g/mol. The lowest BCUT2D eigenvalue weighted by molar-refractivity contribution is -0.0102. The van der Waals surface area contributed by atoms with Crippen LogP contribution in [0.25, 0.3) is 0 Å². The maximum Gasteiger partial charge on any atom is 0.108 e. The zero-order valence-corrected chi connectivity index (χ0v) is 8.62. The van der Waals surface area contributed by atoms with Gasteiger partial charge in [-0.2, -0.15) is 0 Å². The SMILES string of the molecule is COC1CC2CN(C)CCC2CN1. The quantitative estimate of drug-likeness (QED) is 0.643. The summed E-state index contributed by atoms with van der Waals surface area (Å²) >= 11 is 0. The van der Waals surface area contributed by atoms with Gasteiger partial charge in [-0.05, 0) is 38.3 Å². The summed E-state index contributed by atoms with van der Waals surface area (Å²) in [5.74, 6) is 1.74. The molecule has 2 saturated heterocycles. The molecule has 2 rings (SSSR count). The Morgan fingerprint density at radius 3 is 3.00 bits per heavy atom. The van der Waals surface area contributed by atoms with Gasteiger partial charge in [0.1, 0.15) is 6.23 Å². The van der Waals surface area contributed by atoms with E-state index in [1.54, 1.807) is 7.11 Å². The Morgan fingerprint density at radius 1 is 1.38 bits per heavy atom. The monoisotopic (exact) mass is 184 g/mol. The maximum absolute atomic E-state index is 5.35. The molecule has 2 fully saturated rings. The minimum Gasteiger partial charge on any atom is -0.367 e. The molecule has 0 aromatic heterocycles. The third-order valence-electron chi connectivity index (χ3n) is 3.50. The third kappa shape index (κ3) is 2.03. The molecule has 0 aromatic rings. The highest BCUT2D eigenvalue weighted by Crippen LogP contribution is 2.29. The van der Waals surface area contributed by atoms with E-state index in [9.17, 15) is 0 Å². The van der Waals surface area contributed by atoms with Crippen LogP contribution in [0.15, 0.2) is 0 Å². The van der Waals surface area contributed by atoms with Gasteiger partial charge >= 0.3 is 0 Å². The van der Waals surface area contributed by atoms with Gasteiger partial charge in [-0.25, -0.2) is 0 Å². The molecule has 3 unspecified atom stereocenters. The van der Waals surface area contributed by atoms with Crippen LogP contribution in [0.2, 0.25) is 0 Å². The molecule has 0 spiro atoms. The van der Waals surface area contributed by atoms with Gasteiger partial charge in [0.25, 0.3) is 0 Å². The summed E-state index contributed by atoms with van der Waals surface area (Å²) in [5, 5.41) is 3.44. The van der Waals surface area contributed by atoms with Crippen molar-refractivity contribution in [2.45, 2.75) is 19.1 Å². The summed E-state index contributed by atoms with van der Waals surface area (Å²) in [7, 11) is 4.02. The van der Waals surface area contributed by atoms with Crippen molar-refractivity contribution in [2.24, 2.45) is 11.8 Å². The lowest BCUT2D eigenvalue weighted by Gasteiger charge is -2.42. The number of methoxy groups -OCH3 is 1. The van der Waals surface area contributed by atoms with Crippen molar-refractivity contribution in [1.82, 2.24) is 10.2 Å². The highest BCUT2D eigenvalue weighted by Gasteiger charge is 2.33. The first-order chi connectivity index (χ1) is 6.29. The maximum atomic E-state index is 5.35. The fourth-order valence-corrected chi connectivity index (χ4v) is 2.62. The molecule has 2 heterocycles. The van der Waals surface area contributed by atoms with E-state index in [0.29, 0.717) is 6.23 Å². The summed E-state index contributed by atoms with van der Waals surface area (Å²) in [6.07, 6.45) is 2.84. The van der Waals surface area contributed by atoms with E-state index in [1.165, 1.54) is 25.9 Å². The molecule has 13 heavy (non-hydrogen) atoms. The number of piperidine rings is 2. The van der Waals surface area contributed by atoms with Gasteiger partial charge in [0, 0.05) is 20.2 Å². The molecule has 3 atom stereocenters. The number of ether oxygens (including phenoxy) is 1. The standard InChI is InChI=1S/C10H20N2O/c1-12-4-3-8-6-11-10(13-2)5-9(8)7-12/h8-11H,3-7H2,1-2H3.